The van der Waals surface area contributed by atoms with Crippen molar-refractivity contribution >= 4 is 44.3 Å². The highest BCUT2D eigenvalue weighted by Crippen LogP contribution is 2.29. The molecule has 4 N–H and O–H groups in total. The minimum absolute atomic E-state index is 0.0281. The number of benzene rings is 2. The first-order valence-electron chi connectivity index (χ1n) is 10.8. The predicted octanol–water partition coefficient (Wildman–Crippen LogP) is 2.66. The summed E-state index contributed by atoms with van der Waals surface area (Å²) >= 11 is 0. The van der Waals surface area contributed by atoms with Crippen molar-refractivity contribution in [3.8, 4) is 11.1 Å². The number of carbonyl (C=O) groups excluding carboxylic acids is 1. The van der Waals surface area contributed by atoms with E-state index in [-0.39, 0.29) is 10.8 Å². The van der Waals surface area contributed by atoms with Gasteiger partial charge in [-0.15, -0.1) is 0 Å². The third-order valence-corrected chi connectivity index (χ3v) is 6.25. The fraction of sp³-hybridized carbons (Fsp3) is 0.167. The van der Waals surface area contributed by atoms with Crippen LogP contribution in [0, 0.1) is 0 Å². The minimum Gasteiger partial charge on any atom is -0.358 e. The first-order valence-corrected chi connectivity index (χ1v) is 12.3. The second-order valence-corrected chi connectivity index (χ2v) is 9.50. The Labute approximate surface area is 203 Å². The number of fused-ring (bicyclic) bond motifs is 1. The average Bonchev–Trinajstić information content (AvgIpc) is 2.83. The number of nitrogens with zero attached hydrogens (tertiary/aromatic N) is 4. The zero-order valence-corrected chi connectivity index (χ0v) is 20.1. The fourth-order valence-electron chi connectivity index (χ4n) is 3.51. The number of amides is 1. The van der Waals surface area contributed by atoms with Crippen molar-refractivity contribution in [3.05, 3.63) is 67.0 Å². The van der Waals surface area contributed by atoms with Gasteiger partial charge in [-0.2, -0.15) is 0 Å². The molecule has 4 rings (SSSR count). The van der Waals surface area contributed by atoms with E-state index in [1.807, 2.05) is 42.3 Å². The van der Waals surface area contributed by atoms with Gasteiger partial charge in [-0.3, -0.25) is 4.79 Å². The number of hydrogen-bond donors (Lipinski definition) is 3. The molecule has 0 unspecified atom stereocenters. The summed E-state index contributed by atoms with van der Waals surface area (Å²) in [5.74, 6) is 1.07. The number of carbonyl (C=O) groups is 1. The molecule has 0 aliphatic rings. The van der Waals surface area contributed by atoms with Crippen molar-refractivity contribution in [1.29, 1.82) is 0 Å². The van der Waals surface area contributed by atoms with Crippen LogP contribution in [0.25, 0.3) is 22.0 Å². The average molecular weight is 492 g/mol. The van der Waals surface area contributed by atoms with Crippen LogP contribution in [0.2, 0.25) is 0 Å². The Kier molecular flexibility index (Phi) is 6.90. The Hall–Kier alpha value is -4.09. The number of nitrogens with two attached hydrogens (primary N) is 1. The predicted molar refractivity (Wildman–Crippen MR) is 136 cm³/mol. The van der Waals surface area contributed by atoms with Crippen LogP contribution in [-0.4, -0.2) is 49.4 Å². The number of primary sulfonamides is 1. The molecule has 0 aliphatic heterocycles. The monoisotopic (exact) mass is 491 g/mol. The number of nitrogens with one attached hydrogen (secondary N) is 2. The van der Waals surface area contributed by atoms with E-state index in [0.29, 0.717) is 24.7 Å². The van der Waals surface area contributed by atoms with Crippen LogP contribution >= 0.6 is 0 Å². The first-order chi connectivity index (χ1) is 16.7. The van der Waals surface area contributed by atoms with E-state index in [4.69, 9.17) is 10.1 Å². The van der Waals surface area contributed by atoms with Gasteiger partial charge in [0.2, 0.25) is 21.9 Å². The third-order valence-electron chi connectivity index (χ3n) is 5.32. The number of hydrogen-bond acceptors (Lipinski definition) is 8. The van der Waals surface area contributed by atoms with Gasteiger partial charge in [0.1, 0.15) is 5.82 Å². The number of aromatic nitrogens is 3. The fourth-order valence-corrected chi connectivity index (χ4v) is 4.03. The summed E-state index contributed by atoms with van der Waals surface area (Å²) < 4.78 is 22.9. The third kappa shape index (κ3) is 5.89. The van der Waals surface area contributed by atoms with Crippen molar-refractivity contribution in [2.45, 2.75) is 11.8 Å². The molecule has 180 valence electrons. The van der Waals surface area contributed by atoms with Gasteiger partial charge in [0, 0.05) is 56.1 Å². The van der Waals surface area contributed by atoms with Gasteiger partial charge in [-0.05, 0) is 42.0 Å². The molecule has 0 atom stereocenters. The highest BCUT2D eigenvalue weighted by molar-refractivity contribution is 7.89. The zero-order valence-electron chi connectivity index (χ0n) is 19.3. The van der Waals surface area contributed by atoms with Crippen molar-refractivity contribution in [1.82, 2.24) is 20.3 Å². The Bertz CT molecular complexity index is 1470. The Morgan fingerprint density at radius 1 is 1.09 bits per heavy atom. The Morgan fingerprint density at radius 3 is 2.57 bits per heavy atom. The number of pyridine rings is 1. The van der Waals surface area contributed by atoms with Gasteiger partial charge in [0.25, 0.3) is 0 Å². The largest absolute Gasteiger partial charge is 0.358 e. The molecule has 10 nitrogen and oxygen atoms in total. The molecule has 2 aromatic heterocycles. The summed E-state index contributed by atoms with van der Waals surface area (Å²) in [5.41, 5.74) is 3.23. The maximum Gasteiger partial charge on any atom is 0.238 e. The Balaban J connectivity index is 1.62. The molecule has 1 amide bonds. The molecule has 4 aromatic rings. The van der Waals surface area contributed by atoms with Crippen LogP contribution in [0.4, 0.5) is 17.5 Å². The lowest BCUT2D eigenvalue weighted by Gasteiger charge is -2.19. The highest BCUT2D eigenvalue weighted by atomic mass is 32.2. The summed E-state index contributed by atoms with van der Waals surface area (Å²) in [6.45, 7) is 2.63. The Morgan fingerprint density at radius 2 is 1.86 bits per heavy atom. The van der Waals surface area contributed by atoms with Gasteiger partial charge in [-0.1, -0.05) is 18.2 Å². The summed E-state index contributed by atoms with van der Waals surface area (Å²) in [5, 5.41) is 11.9. The van der Waals surface area contributed by atoms with Crippen molar-refractivity contribution < 1.29 is 13.2 Å². The van der Waals surface area contributed by atoms with Gasteiger partial charge in [0.05, 0.1) is 10.4 Å². The van der Waals surface area contributed by atoms with E-state index < -0.39 is 10.0 Å². The molecular formula is C24H25N7O3S. The second-order valence-electron chi connectivity index (χ2n) is 7.94. The normalized spacial score (nSPS) is 11.3. The van der Waals surface area contributed by atoms with Gasteiger partial charge in [-0.25, -0.2) is 28.5 Å². The molecule has 0 spiro atoms. The van der Waals surface area contributed by atoms with Crippen LogP contribution in [0.1, 0.15) is 6.92 Å². The highest BCUT2D eigenvalue weighted by Gasteiger charge is 2.11. The minimum atomic E-state index is -3.76. The number of anilines is 3. The van der Waals surface area contributed by atoms with Gasteiger partial charge < -0.3 is 15.5 Å². The van der Waals surface area contributed by atoms with Crippen LogP contribution in [-0.2, 0) is 14.8 Å². The maximum atomic E-state index is 11.5. The van der Waals surface area contributed by atoms with Crippen molar-refractivity contribution in [2.24, 2.45) is 5.14 Å². The molecule has 0 saturated carbocycles. The van der Waals surface area contributed by atoms with Crippen LogP contribution in [0.5, 0.6) is 0 Å². The zero-order chi connectivity index (χ0) is 25.0. The SMILES string of the molecule is CC(=O)NCCN(C)c1cc(-c2cccc3cnc(Nc4ccc(S(N)(=O)=O)cc4)nc23)ccn1. The van der Waals surface area contributed by atoms with Crippen LogP contribution < -0.4 is 20.7 Å². The number of rotatable bonds is 8. The molecule has 2 aromatic carbocycles. The lowest BCUT2D eigenvalue weighted by Crippen LogP contribution is -2.31. The van der Waals surface area contributed by atoms with E-state index in [1.165, 1.54) is 19.1 Å². The van der Waals surface area contributed by atoms with E-state index in [0.717, 1.165) is 27.8 Å². The van der Waals surface area contributed by atoms with Gasteiger partial charge >= 0.3 is 0 Å². The summed E-state index contributed by atoms with van der Waals surface area (Å²) in [6, 6.07) is 15.8. The lowest BCUT2D eigenvalue weighted by atomic mass is 10.0. The smallest absolute Gasteiger partial charge is 0.238 e. The quantitative estimate of drug-likeness (QED) is 0.341. The van der Waals surface area contributed by atoms with Crippen LogP contribution in [0.15, 0.2) is 71.9 Å². The summed E-state index contributed by atoms with van der Waals surface area (Å²) in [4.78, 5) is 26.7. The van der Waals surface area contributed by atoms with Gasteiger partial charge in [0.15, 0.2) is 0 Å². The van der Waals surface area contributed by atoms with E-state index in [2.05, 4.69) is 20.6 Å². The van der Waals surface area contributed by atoms with E-state index in [9.17, 15) is 13.2 Å². The molecule has 0 bridgehead atoms. The van der Waals surface area contributed by atoms with E-state index in [1.54, 1.807) is 24.5 Å². The second kappa shape index (κ2) is 10.0. The first kappa shape index (κ1) is 24.0. The van der Waals surface area contributed by atoms with Crippen LogP contribution in [0.3, 0.4) is 0 Å². The number of sulfonamides is 1. The number of para-hydroxylation sites is 1. The molecule has 0 fully saturated rings. The molecule has 0 aliphatic carbocycles. The van der Waals surface area contributed by atoms with Crippen molar-refractivity contribution in [3.63, 3.8) is 0 Å². The maximum absolute atomic E-state index is 11.5. The topological polar surface area (TPSA) is 143 Å². The molecular weight excluding hydrogens is 466 g/mol. The van der Waals surface area contributed by atoms with Crippen molar-refractivity contribution in [2.75, 3.05) is 30.4 Å². The van der Waals surface area contributed by atoms with E-state index >= 15 is 0 Å². The molecule has 35 heavy (non-hydrogen) atoms. The summed E-state index contributed by atoms with van der Waals surface area (Å²) in [6.07, 6.45) is 3.47. The molecule has 11 heteroatoms. The number of likely N-dealkylation sites (N-methyl/N-ethyl adjacent to an activating group) is 1. The standard InChI is InChI=1S/C24H25N7O3S/c1-16(32)26-12-13-31(2)22-14-17(10-11-27-22)21-5-3-4-18-15-28-24(30-23(18)21)29-19-6-8-20(9-7-19)35(25,33)34/h3-11,14-15H,12-13H2,1-2H3,(H,26,32)(H2,25,33,34)(H,28,29,30). The summed E-state index contributed by atoms with van der Waals surface area (Å²) in [7, 11) is -1.84. The lowest BCUT2D eigenvalue weighted by molar-refractivity contribution is -0.118. The molecule has 0 radical (unpaired) electrons. The molecule has 0 saturated heterocycles. The molecule has 2 heterocycles.